The molecule has 3 heteroatoms. The van der Waals surface area contributed by atoms with Crippen molar-refractivity contribution in [3.8, 4) is 0 Å². The van der Waals surface area contributed by atoms with Crippen molar-refractivity contribution < 1.29 is 0 Å². The molecule has 0 saturated heterocycles. The van der Waals surface area contributed by atoms with E-state index in [1.807, 2.05) is 13.1 Å². The lowest BCUT2D eigenvalue weighted by Crippen LogP contribution is -2.32. The first-order valence-electron chi connectivity index (χ1n) is 4.62. The Hall–Kier alpha value is -1.09. The summed E-state index contributed by atoms with van der Waals surface area (Å²) in [7, 11) is 1.83. The number of rotatable bonds is 0. The van der Waals surface area contributed by atoms with Gasteiger partial charge in [0.25, 0.3) is 0 Å². The highest BCUT2D eigenvalue weighted by molar-refractivity contribution is 5.25. The molecule has 1 aliphatic rings. The van der Waals surface area contributed by atoms with Gasteiger partial charge in [-0.2, -0.15) is 0 Å². The van der Waals surface area contributed by atoms with Crippen molar-refractivity contribution in [1.29, 1.82) is 0 Å². The second kappa shape index (κ2) is 3.00. The summed E-state index contributed by atoms with van der Waals surface area (Å²) in [6.45, 7) is 0. The Morgan fingerprint density at radius 3 is 3.08 bits per heavy atom. The maximum Gasteiger partial charge on any atom is 0.250 e. The zero-order valence-corrected chi connectivity index (χ0v) is 7.79. The monoisotopic (exact) mass is 178 g/mol. The summed E-state index contributed by atoms with van der Waals surface area (Å²) >= 11 is 0. The van der Waals surface area contributed by atoms with Gasteiger partial charge in [0.05, 0.1) is 0 Å². The number of hydrogen-bond donors (Lipinski definition) is 1. The average Bonchev–Trinajstić information content (AvgIpc) is 2.12. The van der Waals surface area contributed by atoms with Crippen molar-refractivity contribution in [3.63, 3.8) is 0 Å². The lowest BCUT2D eigenvalue weighted by molar-refractivity contribution is 0.546. The third-order valence-corrected chi connectivity index (χ3v) is 2.77. The van der Waals surface area contributed by atoms with Gasteiger partial charge in [-0.15, -0.1) is 0 Å². The van der Waals surface area contributed by atoms with Crippen LogP contribution in [0.2, 0.25) is 0 Å². The van der Waals surface area contributed by atoms with Gasteiger partial charge in [0.2, 0.25) is 5.56 Å². The molecule has 1 aromatic rings. The smallest absolute Gasteiger partial charge is 0.250 e. The van der Waals surface area contributed by atoms with E-state index >= 15 is 0 Å². The van der Waals surface area contributed by atoms with Crippen LogP contribution in [-0.2, 0) is 19.9 Å². The number of nitrogens with two attached hydrogens (primary N) is 1. The van der Waals surface area contributed by atoms with Crippen LogP contribution in [0.4, 0.5) is 0 Å². The van der Waals surface area contributed by atoms with E-state index in [4.69, 9.17) is 5.73 Å². The highest BCUT2D eigenvalue weighted by Gasteiger charge is 2.17. The maximum atomic E-state index is 11.3. The molecular formula is C10H14N2O. The van der Waals surface area contributed by atoms with Crippen LogP contribution in [0.1, 0.15) is 17.7 Å². The summed E-state index contributed by atoms with van der Waals surface area (Å²) in [6.07, 6.45) is 2.83. The Bertz CT molecular complexity index is 381. The molecule has 2 N–H and O–H groups in total. The predicted octanol–water partition coefficient (Wildman–Crippen LogP) is 0.201. The zero-order chi connectivity index (χ0) is 9.42. The van der Waals surface area contributed by atoms with Crippen molar-refractivity contribution in [2.75, 3.05) is 0 Å². The molecule has 0 spiro atoms. The van der Waals surface area contributed by atoms with Gasteiger partial charge < -0.3 is 10.3 Å². The average molecular weight is 178 g/mol. The summed E-state index contributed by atoms with van der Waals surface area (Å²) < 4.78 is 1.74. The quantitative estimate of drug-likeness (QED) is 0.617. The molecule has 0 aliphatic heterocycles. The molecule has 0 radical (unpaired) electrons. The Morgan fingerprint density at radius 2 is 2.31 bits per heavy atom. The number of pyridine rings is 1. The van der Waals surface area contributed by atoms with Crippen LogP contribution in [0.25, 0.3) is 0 Å². The van der Waals surface area contributed by atoms with Crippen molar-refractivity contribution in [3.05, 3.63) is 33.7 Å². The summed E-state index contributed by atoms with van der Waals surface area (Å²) in [5.74, 6) is 0. The minimum Gasteiger partial charge on any atom is -0.327 e. The molecule has 1 aromatic heterocycles. The van der Waals surface area contributed by atoms with E-state index in [1.54, 1.807) is 10.6 Å². The third kappa shape index (κ3) is 1.40. The lowest BCUT2D eigenvalue weighted by Gasteiger charge is -2.22. The Labute approximate surface area is 77.2 Å². The molecule has 2 rings (SSSR count). The fraction of sp³-hybridized carbons (Fsp3) is 0.500. The van der Waals surface area contributed by atoms with Gasteiger partial charge in [0, 0.05) is 24.8 Å². The molecule has 0 amide bonds. The third-order valence-electron chi connectivity index (χ3n) is 2.77. The largest absolute Gasteiger partial charge is 0.327 e. The summed E-state index contributed by atoms with van der Waals surface area (Å²) in [6, 6.07) is 3.80. The summed E-state index contributed by atoms with van der Waals surface area (Å²) in [5.41, 5.74) is 8.33. The van der Waals surface area contributed by atoms with Gasteiger partial charge >= 0.3 is 0 Å². The number of nitrogens with zero attached hydrogens (tertiary/aromatic N) is 1. The molecule has 1 atom stereocenters. The van der Waals surface area contributed by atoms with Crippen LogP contribution in [-0.4, -0.2) is 10.6 Å². The standard InChI is InChI=1S/C10H14N2O/c1-12-9-4-3-8(11)6-7(9)2-5-10(12)13/h2,5,8H,3-4,6,11H2,1H3. The van der Waals surface area contributed by atoms with Crippen molar-refractivity contribution >= 4 is 0 Å². The van der Waals surface area contributed by atoms with E-state index in [0.29, 0.717) is 0 Å². The Morgan fingerprint density at radius 1 is 1.54 bits per heavy atom. The van der Waals surface area contributed by atoms with E-state index in [0.717, 1.165) is 25.0 Å². The highest BCUT2D eigenvalue weighted by Crippen LogP contribution is 2.17. The summed E-state index contributed by atoms with van der Waals surface area (Å²) in [5, 5.41) is 0. The van der Waals surface area contributed by atoms with E-state index in [-0.39, 0.29) is 11.6 Å². The molecule has 1 unspecified atom stereocenters. The maximum absolute atomic E-state index is 11.3. The molecule has 0 fully saturated rings. The second-order valence-corrected chi connectivity index (χ2v) is 3.71. The number of hydrogen-bond acceptors (Lipinski definition) is 2. The van der Waals surface area contributed by atoms with Crippen LogP contribution in [0, 0.1) is 0 Å². The van der Waals surface area contributed by atoms with Gasteiger partial charge in [-0.05, 0) is 24.8 Å². The molecule has 0 bridgehead atoms. The topological polar surface area (TPSA) is 48.0 Å². The first-order chi connectivity index (χ1) is 6.18. The fourth-order valence-corrected chi connectivity index (χ4v) is 1.95. The minimum atomic E-state index is 0.0780. The van der Waals surface area contributed by atoms with Crippen LogP contribution >= 0.6 is 0 Å². The molecule has 0 saturated carbocycles. The van der Waals surface area contributed by atoms with E-state index < -0.39 is 0 Å². The lowest BCUT2D eigenvalue weighted by atomic mass is 9.92. The van der Waals surface area contributed by atoms with Gasteiger partial charge in [-0.25, -0.2) is 0 Å². The Kier molecular flexibility index (Phi) is 1.96. The number of fused-ring (bicyclic) bond motifs is 1. The van der Waals surface area contributed by atoms with Crippen LogP contribution in [0.3, 0.4) is 0 Å². The molecule has 70 valence electrons. The first kappa shape index (κ1) is 8.51. The van der Waals surface area contributed by atoms with E-state index in [1.165, 1.54) is 5.56 Å². The number of aromatic nitrogens is 1. The second-order valence-electron chi connectivity index (χ2n) is 3.71. The van der Waals surface area contributed by atoms with E-state index in [9.17, 15) is 4.79 Å². The van der Waals surface area contributed by atoms with Gasteiger partial charge in [0.1, 0.15) is 0 Å². The SMILES string of the molecule is Cn1c2c(ccc1=O)CC(N)CC2. The normalized spacial score (nSPS) is 21.2. The summed E-state index contributed by atoms with van der Waals surface area (Å²) in [4.78, 5) is 11.3. The Balaban J connectivity index is 2.53. The fourth-order valence-electron chi connectivity index (χ4n) is 1.95. The van der Waals surface area contributed by atoms with Crippen LogP contribution < -0.4 is 11.3 Å². The van der Waals surface area contributed by atoms with Crippen LogP contribution in [0.5, 0.6) is 0 Å². The van der Waals surface area contributed by atoms with Crippen molar-refractivity contribution in [1.82, 2.24) is 4.57 Å². The predicted molar refractivity (Wildman–Crippen MR) is 51.7 cm³/mol. The molecule has 3 nitrogen and oxygen atoms in total. The van der Waals surface area contributed by atoms with Gasteiger partial charge in [0.15, 0.2) is 0 Å². The zero-order valence-electron chi connectivity index (χ0n) is 7.79. The van der Waals surface area contributed by atoms with Crippen molar-refractivity contribution in [2.24, 2.45) is 12.8 Å². The molecular weight excluding hydrogens is 164 g/mol. The molecule has 13 heavy (non-hydrogen) atoms. The van der Waals surface area contributed by atoms with Crippen LogP contribution in [0.15, 0.2) is 16.9 Å². The first-order valence-corrected chi connectivity index (χ1v) is 4.62. The van der Waals surface area contributed by atoms with Crippen molar-refractivity contribution in [2.45, 2.75) is 25.3 Å². The molecule has 0 aromatic carbocycles. The molecule has 1 heterocycles. The van der Waals surface area contributed by atoms with E-state index in [2.05, 4.69) is 0 Å². The highest BCUT2D eigenvalue weighted by atomic mass is 16.1. The molecule has 1 aliphatic carbocycles. The minimum absolute atomic E-state index is 0.0780. The van der Waals surface area contributed by atoms with Gasteiger partial charge in [-0.1, -0.05) is 6.07 Å². The van der Waals surface area contributed by atoms with Gasteiger partial charge in [-0.3, -0.25) is 4.79 Å².